The van der Waals surface area contributed by atoms with E-state index in [1.165, 1.54) is 12.1 Å². The third-order valence-electron chi connectivity index (χ3n) is 5.54. The average Bonchev–Trinajstić information content (AvgIpc) is 2.84. The molecule has 4 rings (SSSR count). The second-order valence-corrected chi connectivity index (χ2v) is 9.50. The molecule has 6 nitrogen and oxygen atoms in total. The molecule has 1 saturated heterocycles. The number of carbonyl (C=O) groups excluding carboxylic acids is 2. The van der Waals surface area contributed by atoms with Crippen LogP contribution in [0.25, 0.3) is 0 Å². The summed E-state index contributed by atoms with van der Waals surface area (Å²) in [6.45, 7) is 2.55. The van der Waals surface area contributed by atoms with Crippen LogP contribution in [0.1, 0.15) is 20.7 Å². The minimum absolute atomic E-state index is 0.0337. The Labute approximate surface area is 223 Å². The van der Waals surface area contributed by atoms with Crippen molar-refractivity contribution in [2.75, 3.05) is 36.4 Å². The van der Waals surface area contributed by atoms with E-state index in [0.29, 0.717) is 47.5 Å². The third-order valence-corrected chi connectivity index (χ3v) is 6.59. The summed E-state index contributed by atoms with van der Waals surface area (Å²) in [5, 5.41) is 6.87. The molecule has 0 radical (unpaired) electrons. The van der Waals surface area contributed by atoms with Gasteiger partial charge in [0.25, 0.3) is 11.8 Å². The normalized spacial score (nSPS) is 13.3. The predicted molar refractivity (Wildman–Crippen MR) is 146 cm³/mol. The number of hydrogen-bond acceptors (Lipinski definition) is 4. The number of thiocarbonyl (C=S) groups is 1. The van der Waals surface area contributed by atoms with Gasteiger partial charge in [-0.1, -0.05) is 53.0 Å². The van der Waals surface area contributed by atoms with E-state index in [1.54, 1.807) is 12.1 Å². The number of rotatable bonds is 4. The Hall–Kier alpha value is -2.84. The van der Waals surface area contributed by atoms with Crippen LogP contribution in [0.5, 0.6) is 0 Å². The second kappa shape index (κ2) is 11.3. The van der Waals surface area contributed by atoms with E-state index in [4.69, 9.17) is 47.0 Å². The summed E-state index contributed by atoms with van der Waals surface area (Å²) in [5.74, 6) is -0.416. The van der Waals surface area contributed by atoms with Crippen molar-refractivity contribution in [2.24, 2.45) is 0 Å². The summed E-state index contributed by atoms with van der Waals surface area (Å²) in [4.78, 5) is 29.1. The lowest BCUT2D eigenvalue weighted by Crippen LogP contribution is -2.48. The van der Waals surface area contributed by atoms with Crippen LogP contribution in [0.4, 0.5) is 11.4 Å². The molecule has 2 N–H and O–H groups in total. The largest absolute Gasteiger partial charge is 0.367 e. The fourth-order valence-electron chi connectivity index (χ4n) is 3.76. The fourth-order valence-corrected chi connectivity index (χ4v) is 4.77. The van der Waals surface area contributed by atoms with Crippen LogP contribution in [0.15, 0.2) is 66.7 Å². The molecular formula is C25H21Cl3N4O2S. The van der Waals surface area contributed by atoms with E-state index in [1.807, 2.05) is 47.4 Å². The van der Waals surface area contributed by atoms with Gasteiger partial charge in [0.2, 0.25) is 0 Å². The van der Waals surface area contributed by atoms with E-state index in [2.05, 4.69) is 15.5 Å². The van der Waals surface area contributed by atoms with Crippen LogP contribution in [0.3, 0.4) is 0 Å². The third kappa shape index (κ3) is 6.24. The van der Waals surface area contributed by atoms with Gasteiger partial charge in [0.1, 0.15) is 0 Å². The van der Waals surface area contributed by atoms with Crippen molar-refractivity contribution < 1.29 is 9.59 Å². The van der Waals surface area contributed by atoms with Gasteiger partial charge in [0.15, 0.2) is 5.11 Å². The Morgan fingerprint density at radius 3 is 2.20 bits per heavy atom. The minimum Gasteiger partial charge on any atom is -0.367 e. The molecule has 180 valence electrons. The van der Waals surface area contributed by atoms with Crippen LogP contribution in [0.2, 0.25) is 15.1 Å². The number of carbonyl (C=O) groups is 2. The summed E-state index contributed by atoms with van der Waals surface area (Å²) >= 11 is 23.8. The van der Waals surface area contributed by atoms with Gasteiger partial charge in [-0.3, -0.25) is 14.9 Å². The molecule has 2 amide bonds. The fraction of sp³-hybridized carbons (Fsp3) is 0.160. The van der Waals surface area contributed by atoms with Crippen molar-refractivity contribution in [1.82, 2.24) is 10.2 Å². The maximum absolute atomic E-state index is 12.7. The van der Waals surface area contributed by atoms with Crippen LogP contribution in [0, 0.1) is 0 Å². The molecular weight excluding hydrogens is 527 g/mol. The number of benzene rings is 3. The molecule has 0 aliphatic carbocycles. The number of nitrogens with zero attached hydrogens (tertiary/aromatic N) is 2. The maximum Gasteiger partial charge on any atom is 0.258 e. The van der Waals surface area contributed by atoms with Crippen molar-refractivity contribution >= 4 is 75.3 Å². The number of halogens is 3. The SMILES string of the molecule is O=C(NC(=S)Nc1ccc(N2CCN(C(=O)c3ccccc3)CC2)c(Cl)c1)c1ccc(Cl)cc1Cl. The van der Waals surface area contributed by atoms with E-state index < -0.39 is 5.91 Å². The van der Waals surface area contributed by atoms with Crippen LogP contribution in [-0.2, 0) is 0 Å². The quantitative estimate of drug-likeness (QED) is 0.408. The molecule has 10 heteroatoms. The van der Waals surface area contributed by atoms with Crippen molar-refractivity contribution in [3.05, 3.63) is 92.9 Å². The number of hydrogen-bond donors (Lipinski definition) is 2. The molecule has 0 spiro atoms. The molecule has 3 aromatic rings. The molecule has 35 heavy (non-hydrogen) atoms. The predicted octanol–water partition coefficient (Wildman–Crippen LogP) is 5.74. The van der Waals surface area contributed by atoms with Gasteiger partial charge in [-0.15, -0.1) is 0 Å². The van der Waals surface area contributed by atoms with Gasteiger partial charge in [-0.2, -0.15) is 0 Å². The lowest BCUT2D eigenvalue weighted by atomic mass is 10.1. The van der Waals surface area contributed by atoms with Gasteiger partial charge in [-0.25, -0.2) is 0 Å². The Balaban J connectivity index is 1.33. The maximum atomic E-state index is 12.7. The van der Waals surface area contributed by atoms with Crippen LogP contribution < -0.4 is 15.5 Å². The summed E-state index contributed by atoms with van der Waals surface area (Å²) in [6, 6.07) is 19.3. The van der Waals surface area contributed by atoms with E-state index >= 15 is 0 Å². The summed E-state index contributed by atoms with van der Waals surface area (Å²) in [7, 11) is 0. The molecule has 3 aromatic carbocycles. The van der Waals surface area contributed by atoms with E-state index in [0.717, 1.165) is 5.69 Å². The Bertz CT molecular complexity index is 1260. The highest BCUT2D eigenvalue weighted by Crippen LogP contribution is 2.30. The lowest BCUT2D eigenvalue weighted by molar-refractivity contribution is 0.0746. The van der Waals surface area contributed by atoms with Gasteiger partial charge in [0, 0.05) is 42.5 Å². The Kier molecular flexibility index (Phi) is 8.13. The first-order chi connectivity index (χ1) is 16.8. The average molecular weight is 548 g/mol. The molecule has 0 atom stereocenters. The molecule has 0 unspecified atom stereocenters. The standard InChI is InChI=1S/C25H21Cl3N4O2S/c26-17-6-8-19(20(27)14-17)23(33)30-25(35)29-18-7-9-22(21(28)15-18)31-10-12-32(13-11-31)24(34)16-4-2-1-3-5-16/h1-9,14-15H,10-13H2,(H2,29,30,33,35). The summed E-state index contributed by atoms with van der Waals surface area (Å²) in [5.41, 5.74) is 2.45. The highest BCUT2D eigenvalue weighted by atomic mass is 35.5. The molecule has 1 fully saturated rings. The minimum atomic E-state index is -0.449. The van der Waals surface area contributed by atoms with Gasteiger partial charge < -0.3 is 15.1 Å². The Morgan fingerprint density at radius 1 is 0.829 bits per heavy atom. The highest BCUT2D eigenvalue weighted by molar-refractivity contribution is 7.80. The molecule has 0 aromatic heterocycles. The summed E-state index contributed by atoms with van der Waals surface area (Å²) < 4.78 is 0. The lowest BCUT2D eigenvalue weighted by Gasteiger charge is -2.36. The first-order valence-electron chi connectivity index (χ1n) is 10.8. The van der Waals surface area contributed by atoms with Crippen molar-refractivity contribution in [1.29, 1.82) is 0 Å². The second-order valence-electron chi connectivity index (χ2n) is 7.84. The van der Waals surface area contributed by atoms with E-state index in [-0.39, 0.29) is 21.6 Å². The van der Waals surface area contributed by atoms with Gasteiger partial charge >= 0.3 is 0 Å². The van der Waals surface area contributed by atoms with Crippen molar-refractivity contribution in [3.8, 4) is 0 Å². The van der Waals surface area contributed by atoms with Crippen LogP contribution >= 0.6 is 47.0 Å². The zero-order valence-electron chi connectivity index (χ0n) is 18.4. The molecule has 1 aliphatic rings. The zero-order chi connectivity index (χ0) is 24.9. The summed E-state index contributed by atoms with van der Waals surface area (Å²) in [6.07, 6.45) is 0. The molecule has 0 bridgehead atoms. The van der Waals surface area contributed by atoms with Gasteiger partial charge in [0.05, 0.1) is 21.3 Å². The monoisotopic (exact) mass is 546 g/mol. The smallest absolute Gasteiger partial charge is 0.258 e. The Morgan fingerprint density at radius 2 is 1.54 bits per heavy atom. The molecule has 0 saturated carbocycles. The highest BCUT2D eigenvalue weighted by Gasteiger charge is 2.23. The van der Waals surface area contributed by atoms with Crippen molar-refractivity contribution in [2.45, 2.75) is 0 Å². The van der Waals surface area contributed by atoms with Crippen LogP contribution in [-0.4, -0.2) is 48.0 Å². The number of anilines is 2. The molecule has 1 heterocycles. The first-order valence-corrected chi connectivity index (χ1v) is 12.3. The van der Waals surface area contributed by atoms with Gasteiger partial charge in [-0.05, 0) is 60.7 Å². The first kappa shape index (κ1) is 25.3. The molecule has 1 aliphatic heterocycles. The number of amides is 2. The zero-order valence-corrected chi connectivity index (χ0v) is 21.5. The topological polar surface area (TPSA) is 64.7 Å². The van der Waals surface area contributed by atoms with Crippen molar-refractivity contribution in [3.63, 3.8) is 0 Å². The van der Waals surface area contributed by atoms with E-state index in [9.17, 15) is 9.59 Å². The number of nitrogens with one attached hydrogen (secondary N) is 2. The number of piperazine rings is 1.